The van der Waals surface area contributed by atoms with Crippen LogP contribution in [0.4, 0.5) is 0 Å². The van der Waals surface area contributed by atoms with Crippen molar-refractivity contribution >= 4 is 0 Å². The van der Waals surface area contributed by atoms with Crippen LogP contribution < -0.4 is 0 Å². The third-order valence-corrected chi connectivity index (χ3v) is 4.97. The average Bonchev–Trinajstić information content (AvgIpc) is 2.96. The van der Waals surface area contributed by atoms with Gasteiger partial charge in [0, 0.05) is 19.3 Å². The van der Waals surface area contributed by atoms with E-state index in [1.807, 2.05) is 30.3 Å². The maximum atomic E-state index is 9.64. The van der Waals surface area contributed by atoms with Gasteiger partial charge in [0.05, 0.1) is 32.0 Å². The molecule has 2 fully saturated rings. The topological polar surface area (TPSA) is 68.2 Å². The lowest BCUT2D eigenvalue weighted by molar-refractivity contribution is -0.198. The summed E-state index contributed by atoms with van der Waals surface area (Å²) in [5.41, 5.74) is 1.07. The summed E-state index contributed by atoms with van der Waals surface area (Å²) >= 11 is 0. The summed E-state index contributed by atoms with van der Waals surface area (Å²) in [5, 5.41) is 19.3. The second-order valence-electron chi connectivity index (χ2n) is 6.80. The van der Waals surface area contributed by atoms with Gasteiger partial charge >= 0.3 is 0 Å². The molecule has 1 aromatic carbocycles. The zero-order chi connectivity index (χ0) is 16.8. The number of hydrogen-bond donors (Lipinski definition) is 2. The van der Waals surface area contributed by atoms with Crippen molar-refractivity contribution in [2.45, 2.75) is 69.2 Å². The molecule has 3 atom stereocenters. The van der Waals surface area contributed by atoms with E-state index in [2.05, 4.69) is 0 Å². The van der Waals surface area contributed by atoms with Gasteiger partial charge in [0.15, 0.2) is 5.79 Å². The lowest BCUT2D eigenvalue weighted by atomic mass is 9.94. The van der Waals surface area contributed by atoms with Gasteiger partial charge in [0.25, 0.3) is 0 Å². The Balaban J connectivity index is 1.55. The van der Waals surface area contributed by atoms with Crippen molar-refractivity contribution < 1.29 is 24.4 Å². The predicted molar refractivity (Wildman–Crippen MR) is 89.4 cm³/mol. The monoisotopic (exact) mass is 336 g/mol. The third-order valence-electron chi connectivity index (χ3n) is 4.97. The molecule has 1 spiro atoms. The lowest BCUT2D eigenvalue weighted by Gasteiger charge is -2.32. The minimum absolute atomic E-state index is 0.0662. The van der Waals surface area contributed by atoms with Crippen molar-refractivity contribution in [2.75, 3.05) is 13.2 Å². The lowest BCUT2D eigenvalue weighted by Crippen LogP contribution is -2.34. The molecule has 0 bridgehead atoms. The van der Waals surface area contributed by atoms with Gasteiger partial charge in [-0.25, -0.2) is 0 Å². The van der Waals surface area contributed by atoms with Gasteiger partial charge < -0.3 is 24.4 Å². The van der Waals surface area contributed by atoms with Crippen LogP contribution in [0.1, 0.15) is 44.1 Å². The fourth-order valence-corrected chi connectivity index (χ4v) is 3.65. The standard InChI is InChI=1S/C19H28O5/c20-12-16(22-14-15-7-3-1-4-8-15)11-17-18(13-21)24-19(23-17)9-5-2-6-10-19/h1,3-4,7-8,16-18,20-21H,2,5-6,9-14H2/t16-,17+,18-/m0/s1. The van der Waals surface area contributed by atoms with Crippen molar-refractivity contribution in [1.82, 2.24) is 0 Å². The van der Waals surface area contributed by atoms with Gasteiger partial charge in [-0.2, -0.15) is 0 Å². The summed E-state index contributed by atoms with van der Waals surface area (Å²) in [6.07, 6.45) is 4.80. The first-order chi connectivity index (χ1) is 11.7. The van der Waals surface area contributed by atoms with Crippen molar-refractivity contribution in [3.05, 3.63) is 35.9 Å². The van der Waals surface area contributed by atoms with E-state index < -0.39 is 5.79 Å². The fourth-order valence-electron chi connectivity index (χ4n) is 3.65. The SMILES string of the molecule is OC[C@H](C[C@H]1OC2(CCCCC2)O[C@H]1CO)OCc1ccccc1. The Labute approximate surface area is 143 Å². The van der Waals surface area contributed by atoms with Crippen LogP contribution in [0.15, 0.2) is 30.3 Å². The number of aliphatic hydroxyl groups is 2. The molecule has 5 nitrogen and oxygen atoms in total. The molecule has 1 saturated heterocycles. The van der Waals surface area contributed by atoms with E-state index in [0.29, 0.717) is 13.0 Å². The van der Waals surface area contributed by atoms with Gasteiger partial charge in [-0.1, -0.05) is 36.8 Å². The molecule has 0 radical (unpaired) electrons. The molecule has 1 aliphatic heterocycles. The van der Waals surface area contributed by atoms with Crippen molar-refractivity contribution in [1.29, 1.82) is 0 Å². The molecular weight excluding hydrogens is 308 g/mol. The van der Waals surface area contributed by atoms with Gasteiger partial charge in [0.1, 0.15) is 6.10 Å². The summed E-state index contributed by atoms with van der Waals surface area (Å²) in [4.78, 5) is 0. The van der Waals surface area contributed by atoms with Crippen LogP contribution in [0.3, 0.4) is 0 Å². The van der Waals surface area contributed by atoms with Gasteiger partial charge in [-0.05, 0) is 18.4 Å². The first kappa shape index (κ1) is 17.8. The van der Waals surface area contributed by atoms with Crippen LogP contribution in [0.25, 0.3) is 0 Å². The summed E-state index contributed by atoms with van der Waals surface area (Å²) in [7, 11) is 0. The molecule has 1 saturated carbocycles. The maximum Gasteiger partial charge on any atom is 0.169 e. The molecular formula is C19H28O5. The van der Waals surface area contributed by atoms with Crippen LogP contribution in [0.2, 0.25) is 0 Å². The summed E-state index contributed by atoms with van der Waals surface area (Å²) in [6.45, 7) is 0.315. The first-order valence-electron chi connectivity index (χ1n) is 8.97. The summed E-state index contributed by atoms with van der Waals surface area (Å²) < 4.78 is 18.1. The number of benzene rings is 1. The minimum Gasteiger partial charge on any atom is -0.394 e. The Morgan fingerprint density at radius 1 is 1.04 bits per heavy atom. The zero-order valence-electron chi connectivity index (χ0n) is 14.1. The quantitative estimate of drug-likeness (QED) is 0.800. The van der Waals surface area contributed by atoms with E-state index >= 15 is 0 Å². The maximum absolute atomic E-state index is 9.64. The molecule has 5 heteroatoms. The van der Waals surface area contributed by atoms with Crippen LogP contribution in [0.5, 0.6) is 0 Å². The van der Waals surface area contributed by atoms with Crippen LogP contribution in [0, 0.1) is 0 Å². The fraction of sp³-hybridized carbons (Fsp3) is 0.684. The molecule has 3 rings (SSSR count). The Kier molecular flexibility index (Phi) is 6.25. The molecule has 2 N–H and O–H groups in total. The highest BCUT2D eigenvalue weighted by Crippen LogP contribution is 2.41. The van der Waals surface area contributed by atoms with E-state index in [1.165, 1.54) is 6.42 Å². The Morgan fingerprint density at radius 2 is 1.75 bits per heavy atom. The number of hydrogen-bond acceptors (Lipinski definition) is 5. The Bertz CT molecular complexity index is 486. The second kappa shape index (κ2) is 8.41. The first-order valence-corrected chi connectivity index (χ1v) is 8.97. The van der Waals surface area contributed by atoms with Crippen molar-refractivity contribution in [2.24, 2.45) is 0 Å². The Hall–Kier alpha value is -0.980. The van der Waals surface area contributed by atoms with E-state index in [1.54, 1.807) is 0 Å². The predicted octanol–water partition coefficient (Wildman–Crippen LogP) is 2.39. The third kappa shape index (κ3) is 4.35. The molecule has 24 heavy (non-hydrogen) atoms. The molecule has 1 heterocycles. The number of ether oxygens (including phenoxy) is 3. The van der Waals surface area contributed by atoms with Crippen molar-refractivity contribution in [3.8, 4) is 0 Å². The van der Waals surface area contributed by atoms with Crippen LogP contribution >= 0.6 is 0 Å². The Morgan fingerprint density at radius 3 is 2.42 bits per heavy atom. The van der Waals surface area contributed by atoms with E-state index in [9.17, 15) is 10.2 Å². The highest BCUT2D eigenvalue weighted by molar-refractivity contribution is 5.13. The highest BCUT2D eigenvalue weighted by Gasteiger charge is 2.48. The summed E-state index contributed by atoms with van der Waals surface area (Å²) in [6, 6.07) is 9.89. The molecule has 134 valence electrons. The summed E-state index contributed by atoms with van der Waals surface area (Å²) in [5.74, 6) is -0.532. The minimum atomic E-state index is -0.532. The largest absolute Gasteiger partial charge is 0.394 e. The second-order valence-corrected chi connectivity index (χ2v) is 6.80. The zero-order valence-corrected chi connectivity index (χ0v) is 14.1. The van der Waals surface area contributed by atoms with E-state index in [4.69, 9.17) is 14.2 Å². The highest BCUT2D eigenvalue weighted by atomic mass is 16.8. The van der Waals surface area contributed by atoms with Gasteiger partial charge in [-0.3, -0.25) is 0 Å². The average molecular weight is 336 g/mol. The van der Waals surface area contributed by atoms with Crippen molar-refractivity contribution in [3.63, 3.8) is 0 Å². The normalized spacial score (nSPS) is 27.4. The van der Waals surface area contributed by atoms with Crippen LogP contribution in [-0.2, 0) is 20.8 Å². The van der Waals surface area contributed by atoms with Gasteiger partial charge in [0.2, 0.25) is 0 Å². The number of aliphatic hydroxyl groups excluding tert-OH is 2. The molecule has 0 amide bonds. The molecule has 0 aromatic heterocycles. The van der Waals surface area contributed by atoms with E-state index in [0.717, 1.165) is 31.2 Å². The molecule has 1 aliphatic carbocycles. The molecule has 2 aliphatic rings. The van der Waals surface area contributed by atoms with Crippen LogP contribution in [-0.4, -0.2) is 47.5 Å². The smallest absolute Gasteiger partial charge is 0.169 e. The molecule has 1 aromatic rings. The number of rotatable bonds is 7. The van der Waals surface area contributed by atoms with E-state index in [-0.39, 0.29) is 31.5 Å². The van der Waals surface area contributed by atoms with Gasteiger partial charge in [-0.15, -0.1) is 0 Å². The molecule has 0 unspecified atom stereocenters.